The summed E-state index contributed by atoms with van der Waals surface area (Å²) in [4.78, 5) is 23.2. The van der Waals surface area contributed by atoms with Gasteiger partial charge in [-0.3, -0.25) is 4.79 Å². The molecular formula is C22H25Cl3N2O6S. The number of alkyl halides is 1. The average Bonchev–Trinajstić information content (AvgIpc) is 2.74. The number of halogens is 3. The number of Topliss-reactive ketones (excluding diaryl/α,β-unsaturated/α-hetero) is 1. The van der Waals surface area contributed by atoms with E-state index in [2.05, 4.69) is 10.1 Å². The molecule has 0 unspecified atom stereocenters. The van der Waals surface area contributed by atoms with Gasteiger partial charge >= 0.3 is 6.09 Å². The minimum Gasteiger partial charge on any atom is -0.489 e. The molecule has 34 heavy (non-hydrogen) atoms. The Kier molecular flexibility index (Phi) is 9.87. The molecule has 0 saturated carbocycles. The van der Waals surface area contributed by atoms with Crippen LogP contribution in [-0.4, -0.2) is 52.2 Å². The number of carbonyl (C=O) groups excluding carboxylic acids is 2. The highest BCUT2D eigenvalue weighted by Crippen LogP contribution is 2.40. The monoisotopic (exact) mass is 550 g/mol. The highest BCUT2D eigenvalue weighted by molar-refractivity contribution is 7.89. The Hall–Kier alpha value is -2.20. The fraction of sp³-hybridized carbons (Fsp3) is 0.364. The topological polar surface area (TPSA) is 111 Å². The van der Waals surface area contributed by atoms with Gasteiger partial charge in [0, 0.05) is 11.1 Å². The molecule has 8 nitrogen and oxygen atoms in total. The number of hydrogen-bond acceptors (Lipinski definition) is 7. The third-order valence-electron chi connectivity index (χ3n) is 4.77. The Labute approximate surface area is 213 Å². The summed E-state index contributed by atoms with van der Waals surface area (Å²) in [6.07, 6.45) is -0.403. The minimum absolute atomic E-state index is 0.107. The van der Waals surface area contributed by atoms with Gasteiger partial charge in [-0.1, -0.05) is 49.2 Å². The Balaban J connectivity index is 2.00. The van der Waals surface area contributed by atoms with Crippen molar-refractivity contribution >= 4 is 62.4 Å². The molecule has 0 saturated heterocycles. The van der Waals surface area contributed by atoms with Gasteiger partial charge in [-0.05, 0) is 35.4 Å². The van der Waals surface area contributed by atoms with Gasteiger partial charge in [0.05, 0.1) is 28.7 Å². The second-order valence-electron chi connectivity index (χ2n) is 7.85. The van der Waals surface area contributed by atoms with E-state index in [9.17, 15) is 18.0 Å². The Morgan fingerprint density at radius 3 is 2.15 bits per heavy atom. The summed E-state index contributed by atoms with van der Waals surface area (Å²) in [6, 6.07) is 11.0. The van der Waals surface area contributed by atoms with Gasteiger partial charge in [-0.15, -0.1) is 11.6 Å². The number of benzene rings is 2. The molecule has 0 aromatic heterocycles. The van der Waals surface area contributed by atoms with E-state index in [1.807, 2.05) is 50.2 Å². The SMILES string of the molecule is CC(C)(c1ccc(NCC(=O)COC(=O)NS(C)(=O)=O)cc1)c1cc(Cl)c(OCCCl)c(Cl)c1. The maximum absolute atomic E-state index is 11.9. The van der Waals surface area contributed by atoms with Crippen LogP contribution in [0.15, 0.2) is 36.4 Å². The molecule has 12 heteroatoms. The minimum atomic E-state index is -3.75. The predicted octanol–water partition coefficient (Wildman–Crippen LogP) is 4.60. The van der Waals surface area contributed by atoms with Gasteiger partial charge in [0.25, 0.3) is 0 Å². The molecule has 0 aliphatic carbocycles. The molecule has 0 spiro atoms. The number of hydrogen-bond donors (Lipinski definition) is 2. The molecule has 186 valence electrons. The van der Waals surface area contributed by atoms with Crippen LogP contribution < -0.4 is 14.8 Å². The molecule has 0 atom stereocenters. The highest BCUT2D eigenvalue weighted by atomic mass is 35.5. The fourth-order valence-corrected chi connectivity index (χ4v) is 3.98. The van der Waals surface area contributed by atoms with E-state index in [0.717, 1.165) is 17.4 Å². The lowest BCUT2D eigenvalue weighted by Gasteiger charge is -2.27. The third kappa shape index (κ3) is 8.23. The molecule has 0 fully saturated rings. The second-order valence-corrected chi connectivity index (χ2v) is 10.8. The quantitative estimate of drug-likeness (QED) is 0.393. The summed E-state index contributed by atoms with van der Waals surface area (Å²) >= 11 is 18.4. The maximum Gasteiger partial charge on any atom is 0.421 e. The molecule has 0 heterocycles. The van der Waals surface area contributed by atoms with Crippen LogP contribution >= 0.6 is 34.8 Å². The van der Waals surface area contributed by atoms with Crippen LogP contribution in [0.1, 0.15) is 25.0 Å². The van der Waals surface area contributed by atoms with E-state index >= 15 is 0 Å². The number of ketones is 1. The maximum atomic E-state index is 11.9. The van der Waals surface area contributed by atoms with Gasteiger partial charge in [0.1, 0.15) is 6.61 Å². The standard InChI is InChI=1S/C22H25Cl3N2O6S/c1-22(2,15-10-18(24)20(19(25)11-15)32-9-8-23)14-4-6-16(7-5-14)26-12-17(28)13-33-21(29)27-34(3,30)31/h4-7,10-11,26H,8-9,12-13H2,1-3H3,(H,27,29). The summed E-state index contributed by atoms with van der Waals surface area (Å²) in [6.45, 7) is 3.67. The number of ether oxygens (including phenoxy) is 2. The lowest BCUT2D eigenvalue weighted by molar-refractivity contribution is -0.120. The van der Waals surface area contributed by atoms with Gasteiger partial charge in [-0.25, -0.2) is 17.9 Å². The first-order chi connectivity index (χ1) is 15.8. The summed E-state index contributed by atoms with van der Waals surface area (Å²) in [5.41, 5.74) is 2.11. The van der Waals surface area contributed by atoms with Crippen molar-refractivity contribution in [2.24, 2.45) is 0 Å². The average molecular weight is 552 g/mol. The zero-order valence-corrected chi connectivity index (χ0v) is 21.9. The Bertz CT molecular complexity index is 1110. The molecule has 0 aliphatic rings. The summed E-state index contributed by atoms with van der Waals surface area (Å²) in [5.74, 6) is 0.275. The molecule has 2 N–H and O–H groups in total. The summed E-state index contributed by atoms with van der Waals surface area (Å²) < 4.78 is 33.6. The van der Waals surface area contributed by atoms with Crippen LogP contribution in [0, 0.1) is 0 Å². The van der Waals surface area contributed by atoms with Crippen LogP contribution in [0.2, 0.25) is 10.0 Å². The number of nitrogens with one attached hydrogen (secondary N) is 2. The largest absolute Gasteiger partial charge is 0.489 e. The van der Waals surface area contributed by atoms with Crippen LogP contribution in [-0.2, 0) is 25.0 Å². The summed E-state index contributed by atoms with van der Waals surface area (Å²) in [7, 11) is -3.75. The highest BCUT2D eigenvalue weighted by Gasteiger charge is 2.25. The number of rotatable bonds is 11. The van der Waals surface area contributed by atoms with Gasteiger partial charge in [0.15, 0.2) is 18.1 Å². The van der Waals surface area contributed by atoms with E-state index < -0.39 is 33.9 Å². The van der Waals surface area contributed by atoms with Gasteiger partial charge < -0.3 is 14.8 Å². The number of carbonyl (C=O) groups is 2. The molecule has 2 aromatic carbocycles. The van der Waals surface area contributed by atoms with Crippen LogP contribution in [0.4, 0.5) is 10.5 Å². The van der Waals surface area contributed by atoms with Crippen LogP contribution in [0.3, 0.4) is 0 Å². The number of amides is 1. The molecule has 0 radical (unpaired) electrons. The summed E-state index contributed by atoms with van der Waals surface area (Å²) in [5, 5.41) is 3.72. The second kappa shape index (κ2) is 12.0. The predicted molar refractivity (Wildman–Crippen MR) is 134 cm³/mol. The van der Waals surface area contributed by atoms with Crippen molar-refractivity contribution in [3.05, 3.63) is 57.6 Å². The Morgan fingerprint density at radius 1 is 1.03 bits per heavy atom. The van der Waals surface area contributed by atoms with Crippen LogP contribution in [0.5, 0.6) is 5.75 Å². The normalized spacial score (nSPS) is 11.6. The van der Waals surface area contributed by atoms with Gasteiger partial charge in [-0.2, -0.15) is 0 Å². The molecule has 0 bridgehead atoms. The third-order valence-corrected chi connectivity index (χ3v) is 6.03. The zero-order chi connectivity index (χ0) is 25.5. The van der Waals surface area contributed by atoms with E-state index in [4.69, 9.17) is 39.5 Å². The molecule has 2 rings (SSSR count). The zero-order valence-electron chi connectivity index (χ0n) is 18.8. The van der Waals surface area contributed by atoms with Crippen molar-refractivity contribution in [2.45, 2.75) is 19.3 Å². The smallest absolute Gasteiger partial charge is 0.421 e. The van der Waals surface area contributed by atoms with Crippen molar-refractivity contribution < 1.29 is 27.5 Å². The first kappa shape index (κ1) is 28.0. The van der Waals surface area contributed by atoms with Crippen molar-refractivity contribution in [1.82, 2.24) is 4.72 Å². The number of sulfonamides is 1. The van der Waals surface area contributed by atoms with Crippen molar-refractivity contribution in [3.63, 3.8) is 0 Å². The van der Waals surface area contributed by atoms with E-state index in [1.165, 1.54) is 0 Å². The van der Waals surface area contributed by atoms with Gasteiger partial charge in [0.2, 0.25) is 10.0 Å². The van der Waals surface area contributed by atoms with E-state index in [1.54, 1.807) is 4.72 Å². The first-order valence-corrected chi connectivity index (χ1v) is 13.2. The van der Waals surface area contributed by atoms with E-state index in [0.29, 0.717) is 34.0 Å². The number of anilines is 1. The molecular weight excluding hydrogens is 527 g/mol. The first-order valence-electron chi connectivity index (χ1n) is 10.0. The van der Waals surface area contributed by atoms with Crippen molar-refractivity contribution in [3.8, 4) is 5.75 Å². The molecule has 2 aromatic rings. The lowest BCUT2D eigenvalue weighted by atomic mass is 9.78. The van der Waals surface area contributed by atoms with Crippen LogP contribution in [0.25, 0.3) is 0 Å². The van der Waals surface area contributed by atoms with E-state index in [-0.39, 0.29) is 6.54 Å². The fourth-order valence-electron chi connectivity index (χ4n) is 2.95. The lowest BCUT2D eigenvalue weighted by Crippen LogP contribution is -2.32. The Morgan fingerprint density at radius 2 is 1.62 bits per heavy atom. The van der Waals surface area contributed by atoms with Crippen molar-refractivity contribution in [2.75, 3.05) is 37.2 Å². The molecule has 1 amide bonds. The van der Waals surface area contributed by atoms with Crippen molar-refractivity contribution in [1.29, 1.82) is 0 Å². The molecule has 0 aliphatic heterocycles.